The molecule has 2 saturated carbocycles. The van der Waals surface area contributed by atoms with Gasteiger partial charge in [0.05, 0.1) is 6.21 Å². The van der Waals surface area contributed by atoms with E-state index in [9.17, 15) is 0 Å². The molecule has 5 nitrogen and oxygen atoms in total. The number of aromatic nitrogens is 2. The van der Waals surface area contributed by atoms with Gasteiger partial charge in [-0.25, -0.2) is 4.98 Å². The van der Waals surface area contributed by atoms with Gasteiger partial charge in [0.2, 0.25) is 0 Å². The Morgan fingerprint density at radius 1 is 1.00 bits per heavy atom. The van der Waals surface area contributed by atoms with Gasteiger partial charge in [-0.2, -0.15) is 0 Å². The summed E-state index contributed by atoms with van der Waals surface area (Å²) in [5.41, 5.74) is 3.95. The van der Waals surface area contributed by atoms with Gasteiger partial charge in [-0.15, -0.1) is 0 Å². The number of fused-ring (bicyclic) bond motifs is 1. The lowest BCUT2D eigenvalue weighted by Gasteiger charge is -2.30. The standard InChI is InChI=1S/C29H31N5/c1-21-14-24(33(18-22-8-4-2-5-9-22)19-23-10-6-3-7-11-23)15-25(21)26-16-30-27-17-32-29-20-28(29,34(26)27)12-13-31-29/h2-13,16-17,21,24-25,31H,14-15,18-20H2,1H3. The molecule has 2 aromatic carbocycles. The molecule has 4 aliphatic rings. The Morgan fingerprint density at radius 3 is 2.41 bits per heavy atom. The Hall–Kier alpha value is -3.18. The van der Waals surface area contributed by atoms with Crippen molar-refractivity contribution in [1.82, 2.24) is 19.8 Å². The van der Waals surface area contributed by atoms with E-state index in [1.54, 1.807) is 0 Å². The lowest BCUT2D eigenvalue weighted by atomic mass is 9.94. The summed E-state index contributed by atoms with van der Waals surface area (Å²) in [6.45, 7) is 4.40. The van der Waals surface area contributed by atoms with E-state index in [1.807, 2.05) is 6.21 Å². The molecule has 3 aromatic rings. The third-order valence-corrected chi connectivity index (χ3v) is 8.62. The number of benzene rings is 2. The van der Waals surface area contributed by atoms with Gasteiger partial charge < -0.3 is 9.88 Å². The van der Waals surface area contributed by atoms with E-state index >= 15 is 0 Å². The molecule has 5 atom stereocenters. The van der Waals surface area contributed by atoms with Gasteiger partial charge in [0.15, 0.2) is 11.5 Å². The molecule has 0 spiro atoms. The third kappa shape index (κ3) is 2.96. The van der Waals surface area contributed by atoms with Crippen LogP contribution in [0, 0.1) is 5.92 Å². The average molecular weight is 450 g/mol. The molecule has 5 unspecified atom stereocenters. The summed E-state index contributed by atoms with van der Waals surface area (Å²) in [5.74, 6) is 2.13. The van der Waals surface area contributed by atoms with Crippen LogP contribution in [0.1, 0.15) is 54.7 Å². The van der Waals surface area contributed by atoms with E-state index in [0.29, 0.717) is 17.9 Å². The Labute approximate surface area is 201 Å². The van der Waals surface area contributed by atoms with Crippen LogP contribution < -0.4 is 5.32 Å². The molecular formula is C29H31N5. The molecule has 0 saturated heterocycles. The fraction of sp³-hybridized carbons (Fsp3) is 0.379. The SMILES string of the molecule is CC1CC(N(Cc2ccccc2)Cc2ccccc2)CC1c1cnc2n1C13C=CNC1(C3)N=C2. The number of nitrogens with zero attached hydrogens (tertiary/aromatic N) is 4. The maximum Gasteiger partial charge on any atom is 0.159 e. The minimum Gasteiger partial charge on any atom is -0.365 e. The van der Waals surface area contributed by atoms with Crippen molar-refractivity contribution >= 4 is 6.21 Å². The minimum atomic E-state index is -0.163. The zero-order valence-electron chi connectivity index (χ0n) is 19.6. The van der Waals surface area contributed by atoms with Gasteiger partial charge in [0.1, 0.15) is 5.54 Å². The highest BCUT2D eigenvalue weighted by molar-refractivity contribution is 5.79. The second-order valence-corrected chi connectivity index (χ2v) is 10.7. The zero-order chi connectivity index (χ0) is 22.8. The van der Waals surface area contributed by atoms with Crippen LogP contribution in [0.2, 0.25) is 0 Å². The second-order valence-electron chi connectivity index (χ2n) is 10.7. The fourth-order valence-electron chi connectivity index (χ4n) is 6.78. The molecule has 172 valence electrons. The molecule has 34 heavy (non-hydrogen) atoms. The van der Waals surface area contributed by atoms with Crippen molar-refractivity contribution in [3.8, 4) is 0 Å². The molecule has 0 radical (unpaired) electrons. The topological polar surface area (TPSA) is 45.5 Å². The smallest absolute Gasteiger partial charge is 0.159 e. The quantitative estimate of drug-likeness (QED) is 0.587. The zero-order valence-corrected chi connectivity index (χ0v) is 19.6. The molecule has 0 bridgehead atoms. The normalized spacial score (nSPS) is 32.4. The summed E-state index contributed by atoms with van der Waals surface area (Å²) >= 11 is 0. The van der Waals surface area contributed by atoms with Crippen LogP contribution in [0.15, 0.2) is 84.1 Å². The predicted molar refractivity (Wildman–Crippen MR) is 134 cm³/mol. The molecular weight excluding hydrogens is 418 g/mol. The number of hydrogen-bond donors (Lipinski definition) is 1. The first kappa shape index (κ1) is 20.2. The summed E-state index contributed by atoms with van der Waals surface area (Å²) in [4.78, 5) is 12.3. The Bertz CT molecular complexity index is 1220. The number of hydrogen-bond acceptors (Lipinski definition) is 4. The largest absolute Gasteiger partial charge is 0.365 e. The molecule has 2 aliphatic heterocycles. The summed E-state index contributed by atoms with van der Waals surface area (Å²) in [6, 6.07) is 22.4. The van der Waals surface area contributed by atoms with Crippen molar-refractivity contribution in [2.75, 3.05) is 0 Å². The van der Waals surface area contributed by atoms with E-state index in [0.717, 1.165) is 25.3 Å². The van der Waals surface area contributed by atoms with Crippen molar-refractivity contribution in [3.05, 3.63) is 102 Å². The molecule has 1 aromatic heterocycles. The first-order chi connectivity index (χ1) is 16.7. The minimum absolute atomic E-state index is 0.0471. The Balaban J connectivity index is 1.19. The average Bonchev–Trinajstić information content (AvgIpc) is 3.20. The van der Waals surface area contributed by atoms with Gasteiger partial charge in [-0.1, -0.05) is 67.6 Å². The van der Waals surface area contributed by atoms with Gasteiger partial charge >= 0.3 is 0 Å². The van der Waals surface area contributed by atoms with Gasteiger partial charge in [-0.05, 0) is 42.2 Å². The van der Waals surface area contributed by atoms with Crippen molar-refractivity contribution < 1.29 is 0 Å². The molecule has 1 N–H and O–H groups in total. The maximum atomic E-state index is 4.84. The van der Waals surface area contributed by atoms with Crippen molar-refractivity contribution in [3.63, 3.8) is 0 Å². The highest BCUT2D eigenvalue weighted by Gasteiger charge is 2.73. The monoisotopic (exact) mass is 449 g/mol. The fourth-order valence-corrected chi connectivity index (χ4v) is 6.78. The summed E-state index contributed by atoms with van der Waals surface area (Å²) in [5, 5.41) is 3.51. The lowest BCUT2D eigenvalue weighted by Crippen LogP contribution is -2.37. The van der Waals surface area contributed by atoms with Crippen molar-refractivity contribution in [2.45, 2.75) is 62.4 Å². The van der Waals surface area contributed by atoms with Gasteiger partial charge in [0.25, 0.3) is 0 Å². The van der Waals surface area contributed by atoms with E-state index < -0.39 is 0 Å². The van der Waals surface area contributed by atoms with E-state index in [2.05, 4.69) is 101 Å². The molecule has 0 amide bonds. The molecule has 2 fully saturated rings. The summed E-state index contributed by atoms with van der Waals surface area (Å²) in [6.07, 6.45) is 11.9. The van der Waals surface area contributed by atoms with Crippen LogP contribution in [0.4, 0.5) is 0 Å². The van der Waals surface area contributed by atoms with Crippen molar-refractivity contribution in [2.24, 2.45) is 10.9 Å². The van der Waals surface area contributed by atoms with Crippen LogP contribution in [0.3, 0.4) is 0 Å². The Kier molecular flexibility index (Phi) is 4.40. The van der Waals surface area contributed by atoms with Crippen LogP contribution in [-0.4, -0.2) is 32.4 Å². The molecule has 3 heterocycles. The summed E-state index contributed by atoms with van der Waals surface area (Å²) in [7, 11) is 0. The molecule has 2 aliphatic carbocycles. The highest BCUT2D eigenvalue weighted by Crippen LogP contribution is 2.62. The number of imidazole rings is 1. The van der Waals surface area contributed by atoms with E-state index in [1.165, 1.54) is 29.7 Å². The van der Waals surface area contributed by atoms with E-state index in [4.69, 9.17) is 9.98 Å². The Morgan fingerprint density at radius 2 is 1.71 bits per heavy atom. The highest BCUT2D eigenvalue weighted by atomic mass is 15.4. The van der Waals surface area contributed by atoms with Gasteiger partial charge in [0, 0.05) is 43.4 Å². The van der Waals surface area contributed by atoms with Crippen LogP contribution in [0.25, 0.3) is 0 Å². The first-order valence-corrected chi connectivity index (χ1v) is 12.6. The third-order valence-electron chi connectivity index (χ3n) is 8.62. The maximum absolute atomic E-state index is 4.84. The second kappa shape index (κ2) is 7.41. The predicted octanol–water partition coefficient (Wildman–Crippen LogP) is 4.81. The first-order valence-electron chi connectivity index (χ1n) is 12.6. The lowest BCUT2D eigenvalue weighted by molar-refractivity contribution is 0.176. The number of nitrogens with one attached hydrogen (secondary N) is 1. The van der Waals surface area contributed by atoms with Crippen LogP contribution in [-0.2, 0) is 18.6 Å². The van der Waals surface area contributed by atoms with Crippen molar-refractivity contribution in [1.29, 1.82) is 0 Å². The summed E-state index contributed by atoms with van der Waals surface area (Å²) < 4.78 is 2.51. The van der Waals surface area contributed by atoms with Crippen LogP contribution in [0.5, 0.6) is 0 Å². The molecule has 5 heteroatoms. The molecule has 7 rings (SSSR count). The van der Waals surface area contributed by atoms with Crippen LogP contribution >= 0.6 is 0 Å². The number of rotatable bonds is 6. The number of aliphatic imine (C=N–C) groups is 1. The van der Waals surface area contributed by atoms with E-state index in [-0.39, 0.29) is 11.2 Å². The van der Waals surface area contributed by atoms with Gasteiger partial charge in [-0.3, -0.25) is 9.89 Å².